The Kier molecular flexibility index (Phi) is 4.88. The first-order valence-electron chi connectivity index (χ1n) is 8.80. The summed E-state index contributed by atoms with van der Waals surface area (Å²) in [5.41, 5.74) is 1.85. The lowest BCUT2D eigenvalue weighted by Gasteiger charge is -2.08. The topological polar surface area (TPSA) is 77.6 Å². The molecule has 0 radical (unpaired) electrons. The molecule has 0 aliphatic heterocycles. The maximum atomic E-state index is 12.3. The number of pyridine rings is 1. The molecular weight excluding hydrogens is 356 g/mol. The number of ether oxygens (including phenoxy) is 1. The number of nitrogens with one attached hydrogen (secondary N) is 1. The lowest BCUT2D eigenvalue weighted by molar-refractivity contribution is -0.117. The van der Waals surface area contributed by atoms with E-state index in [1.807, 2.05) is 30.3 Å². The molecule has 140 valence electrons. The molecule has 2 aromatic heterocycles. The Morgan fingerprint density at radius 2 is 1.71 bits per heavy atom. The van der Waals surface area contributed by atoms with Crippen LogP contribution >= 0.6 is 0 Å². The molecule has 1 amide bonds. The highest BCUT2D eigenvalue weighted by atomic mass is 16.5. The predicted octanol–water partition coefficient (Wildman–Crippen LogP) is 2.71. The van der Waals surface area contributed by atoms with Gasteiger partial charge in [-0.3, -0.25) is 9.20 Å². The number of anilines is 1. The van der Waals surface area contributed by atoms with Gasteiger partial charge in [0.1, 0.15) is 18.9 Å². The third-order valence-corrected chi connectivity index (χ3v) is 4.17. The highest BCUT2D eigenvalue weighted by Gasteiger charge is 2.10. The molecule has 0 spiro atoms. The van der Waals surface area contributed by atoms with Crippen LogP contribution in [0.1, 0.15) is 5.56 Å². The second kappa shape index (κ2) is 7.79. The maximum Gasteiger partial charge on any atom is 0.350 e. The zero-order valence-electron chi connectivity index (χ0n) is 15.0. The van der Waals surface area contributed by atoms with Gasteiger partial charge in [-0.15, -0.1) is 5.10 Å². The molecule has 2 heterocycles. The van der Waals surface area contributed by atoms with Gasteiger partial charge in [-0.1, -0.05) is 36.4 Å². The summed E-state index contributed by atoms with van der Waals surface area (Å²) in [5, 5.41) is 6.91. The number of benzene rings is 2. The smallest absolute Gasteiger partial charge is 0.350 e. The van der Waals surface area contributed by atoms with Crippen molar-refractivity contribution in [1.29, 1.82) is 0 Å². The summed E-state index contributed by atoms with van der Waals surface area (Å²) in [6, 6.07) is 22.2. The number of fused-ring (bicyclic) bond motifs is 1. The highest BCUT2D eigenvalue weighted by Crippen LogP contribution is 2.17. The van der Waals surface area contributed by atoms with Crippen LogP contribution in [0.2, 0.25) is 0 Å². The molecule has 0 unspecified atom stereocenters. The van der Waals surface area contributed by atoms with Gasteiger partial charge < -0.3 is 10.1 Å². The largest absolute Gasteiger partial charge is 0.489 e. The van der Waals surface area contributed by atoms with Crippen LogP contribution in [0, 0.1) is 0 Å². The summed E-state index contributed by atoms with van der Waals surface area (Å²) in [7, 11) is 0. The molecule has 1 N–H and O–H groups in total. The fourth-order valence-corrected chi connectivity index (χ4v) is 2.78. The van der Waals surface area contributed by atoms with Crippen molar-refractivity contribution in [2.24, 2.45) is 0 Å². The van der Waals surface area contributed by atoms with Crippen LogP contribution in [0.5, 0.6) is 5.75 Å². The molecule has 2 aromatic carbocycles. The van der Waals surface area contributed by atoms with E-state index in [1.54, 1.807) is 48.7 Å². The first kappa shape index (κ1) is 17.5. The van der Waals surface area contributed by atoms with Gasteiger partial charge in [0.25, 0.3) is 0 Å². The van der Waals surface area contributed by atoms with Gasteiger partial charge in [0.05, 0.1) is 0 Å². The van der Waals surface area contributed by atoms with E-state index in [2.05, 4.69) is 10.4 Å². The zero-order chi connectivity index (χ0) is 19.3. The van der Waals surface area contributed by atoms with Crippen LogP contribution in [0.15, 0.2) is 83.8 Å². The molecule has 28 heavy (non-hydrogen) atoms. The van der Waals surface area contributed by atoms with Crippen molar-refractivity contribution >= 4 is 17.2 Å². The standard InChI is InChI=1S/C21H18N4O3/c26-20(14-25-21(27)24-13-5-4-8-19(24)23-25)22-17-9-11-18(12-10-17)28-15-16-6-2-1-3-7-16/h1-13H,14-15H2,(H,22,26). The number of aromatic nitrogens is 3. The minimum Gasteiger partial charge on any atom is -0.489 e. The average molecular weight is 374 g/mol. The van der Waals surface area contributed by atoms with E-state index in [4.69, 9.17) is 4.74 Å². The summed E-state index contributed by atoms with van der Waals surface area (Å²) in [4.78, 5) is 24.5. The summed E-state index contributed by atoms with van der Waals surface area (Å²) in [5.74, 6) is 0.377. The predicted molar refractivity (Wildman–Crippen MR) is 105 cm³/mol. The second-order valence-electron chi connectivity index (χ2n) is 6.22. The fraction of sp³-hybridized carbons (Fsp3) is 0.0952. The molecular formula is C21H18N4O3. The monoisotopic (exact) mass is 374 g/mol. The van der Waals surface area contributed by atoms with Crippen LogP contribution in [-0.2, 0) is 17.9 Å². The number of hydrogen-bond acceptors (Lipinski definition) is 4. The van der Waals surface area contributed by atoms with Crippen LogP contribution in [0.3, 0.4) is 0 Å². The molecule has 7 heteroatoms. The third kappa shape index (κ3) is 3.93. The Morgan fingerprint density at radius 1 is 0.964 bits per heavy atom. The Morgan fingerprint density at radius 3 is 2.46 bits per heavy atom. The lowest BCUT2D eigenvalue weighted by Crippen LogP contribution is -2.28. The molecule has 7 nitrogen and oxygen atoms in total. The summed E-state index contributed by atoms with van der Waals surface area (Å²) >= 11 is 0. The molecule has 4 rings (SSSR count). The first-order chi connectivity index (χ1) is 13.7. The zero-order valence-corrected chi connectivity index (χ0v) is 15.0. The average Bonchev–Trinajstić information content (AvgIpc) is 3.04. The Bertz CT molecular complexity index is 1150. The molecule has 0 aliphatic rings. The molecule has 0 saturated heterocycles. The van der Waals surface area contributed by atoms with Crippen molar-refractivity contribution in [2.45, 2.75) is 13.2 Å². The van der Waals surface area contributed by atoms with E-state index < -0.39 is 0 Å². The van der Waals surface area contributed by atoms with E-state index in [0.29, 0.717) is 23.7 Å². The SMILES string of the molecule is O=C(Cn1nc2ccccn2c1=O)Nc1ccc(OCc2ccccc2)cc1. The minimum atomic E-state index is -0.351. The molecule has 0 fully saturated rings. The van der Waals surface area contributed by atoms with Crippen molar-refractivity contribution in [3.8, 4) is 5.75 Å². The highest BCUT2D eigenvalue weighted by molar-refractivity contribution is 5.90. The Labute approximate surface area is 160 Å². The summed E-state index contributed by atoms with van der Waals surface area (Å²) in [6.07, 6.45) is 1.62. The van der Waals surface area contributed by atoms with Gasteiger partial charge in [-0.25, -0.2) is 9.48 Å². The van der Waals surface area contributed by atoms with Crippen LogP contribution in [0.25, 0.3) is 5.65 Å². The van der Waals surface area contributed by atoms with Crippen molar-refractivity contribution in [1.82, 2.24) is 14.2 Å². The maximum absolute atomic E-state index is 12.3. The summed E-state index contributed by atoms with van der Waals surface area (Å²) < 4.78 is 8.26. The number of hydrogen-bond donors (Lipinski definition) is 1. The molecule has 0 atom stereocenters. The number of nitrogens with zero attached hydrogens (tertiary/aromatic N) is 3. The second-order valence-corrected chi connectivity index (χ2v) is 6.22. The van der Waals surface area contributed by atoms with Crippen molar-refractivity contribution in [3.05, 3.63) is 95.0 Å². The normalized spacial score (nSPS) is 10.7. The van der Waals surface area contributed by atoms with Crippen LogP contribution < -0.4 is 15.7 Å². The molecule has 0 aliphatic carbocycles. The number of amides is 1. The molecule has 4 aromatic rings. The van der Waals surface area contributed by atoms with Gasteiger partial charge in [-0.2, -0.15) is 0 Å². The number of carbonyl (C=O) groups excluding carboxylic acids is 1. The van der Waals surface area contributed by atoms with Gasteiger partial charge >= 0.3 is 5.69 Å². The molecule has 0 bridgehead atoms. The van der Waals surface area contributed by atoms with Gasteiger partial charge in [0.15, 0.2) is 5.65 Å². The first-order valence-corrected chi connectivity index (χ1v) is 8.80. The minimum absolute atomic E-state index is 0.160. The van der Waals surface area contributed by atoms with Crippen LogP contribution in [0.4, 0.5) is 5.69 Å². The van der Waals surface area contributed by atoms with E-state index in [9.17, 15) is 9.59 Å². The molecule has 0 saturated carbocycles. The Hall–Kier alpha value is -3.87. The number of carbonyl (C=O) groups is 1. The van der Waals surface area contributed by atoms with Gasteiger partial charge in [0, 0.05) is 11.9 Å². The van der Waals surface area contributed by atoms with E-state index in [1.165, 1.54) is 4.40 Å². The van der Waals surface area contributed by atoms with Crippen molar-refractivity contribution < 1.29 is 9.53 Å². The van der Waals surface area contributed by atoms with Crippen LogP contribution in [-0.4, -0.2) is 20.1 Å². The quantitative estimate of drug-likeness (QED) is 0.563. The van der Waals surface area contributed by atoms with E-state index in [-0.39, 0.29) is 18.1 Å². The van der Waals surface area contributed by atoms with Gasteiger partial charge in [0.2, 0.25) is 5.91 Å². The number of rotatable bonds is 6. The van der Waals surface area contributed by atoms with Crippen molar-refractivity contribution in [3.63, 3.8) is 0 Å². The fourth-order valence-electron chi connectivity index (χ4n) is 2.78. The Balaban J connectivity index is 1.36. The lowest BCUT2D eigenvalue weighted by atomic mass is 10.2. The van der Waals surface area contributed by atoms with E-state index in [0.717, 1.165) is 10.2 Å². The van der Waals surface area contributed by atoms with Crippen molar-refractivity contribution in [2.75, 3.05) is 5.32 Å². The van der Waals surface area contributed by atoms with E-state index >= 15 is 0 Å². The van der Waals surface area contributed by atoms with Gasteiger partial charge in [-0.05, 0) is 42.0 Å². The third-order valence-electron chi connectivity index (χ3n) is 4.17. The summed E-state index contributed by atoms with van der Waals surface area (Å²) in [6.45, 7) is 0.316.